The number of amides is 1. The number of carbonyl (C=O) groups is 1. The molecule has 0 spiro atoms. The van der Waals surface area contributed by atoms with Gasteiger partial charge in [-0.15, -0.1) is 0 Å². The summed E-state index contributed by atoms with van der Waals surface area (Å²) in [6.45, 7) is 0. The lowest BCUT2D eigenvalue weighted by molar-refractivity contribution is -0.272. The zero-order valence-electron chi connectivity index (χ0n) is 9.31. The maximum absolute atomic E-state index is 12.9. The highest BCUT2D eigenvalue weighted by molar-refractivity contribution is 5.93. The van der Waals surface area contributed by atoms with Gasteiger partial charge in [0.1, 0.15) is 0 Å². The zero-order valence-corrected chi connectivity index (χ0v) is 9.31. The van der Waals surface area contributed by atoms with Gasteiger partial charge in [0.2, 0.25) is 11.8 Å². The first-order valence-corrected chi connectivity index (χ1v) is 4.85. The van der Waals surface area contributed by atoms with E-state index in [9.17, 15) is 35.5 Å². The van der Waals surface area contributed by atoms with Crippen molar-refractivity contribution in [1.29, 1.82) is 0 Å². The zero-order chi connectivity index (χ0) is 15.7. The Balaban J connectivity index is 3.00. The number of carbonyl (C=O) groups excluding carboxylic acids is 1. The smallest absolute Gasteiger partial charge is 0.409 e. The predicted molar refractivity (Wildman–Crippen MR) is 52.3 cm³/mol. The summed E-state index contributed by atoms with van der Waals surface area (Å²) in [4.78, 5) is 11.1. The number of halogens is 7. The van der Waals surface area contributed by atoms with Crippen LogP contribution in [-0.4, -0.2) is 23.4 Å². The number of rotatable bonds is 2. The topological polar surface area (TPSA) is 49.3 Å². The maximum Gasteiger partial charge on any atom is 0.409 e. The van der Waals surface area contributed by atoms with Crippen LogP contribution >= 0.6 is 0 Å². The Bertz CT molecular complexity index is 495. The van der Waals surface area contributed by atoms with Crippen molar-refractivity contribution < 1.29 is 40.6 Å². The largest absolute Gasteiger partial charge is 0.505 e. The summed E-state index contributed by atoms with van der Waals surface area (Å²) in [5.41, 5.74) is -0.649. The van der Waals surface area contributed by atoms with E-state index in [0.29, 0.717) is 12.1 Å². The molecule has 0 aliphatic carbocycles. The van der Waals surface area contributed by atoms with Crippen LogP contribution in [0.15, 0.2) is 18.2 Å². The van der Waals surface area contributed by atoms with Gasteiger partial charge in [0, 0.05) is 11.8 Å². The summed E-state index contributed by atoms with van der Waals surface area (Å²) < 4.78 is 86.2. The molecule has 112 valence electrons. The quantitative estimate of drug-likeness (QED) is 0.651. The first-order valence-electron chi connectivity index (χ1n) is 4.85. The van der Waals surface area contributed by atoms with E-state index in [1.54, 1.807) is 0 Å². The Morgan fingerprint density at radius 3 is 2.00 bits per heavy atom. The number of nitrogens with one attached hydrogen (secondary N) is 1. The van der Waals surface area contributed by atoms with Gasteiger partial charge in [-0.05, 0) is 12.1 Å². The number of alkyl halides is 6. The van der Waals surface area contributed by atoms with Crippen molar-refractivity contribution in [2.75, 3.05) is 5.32 Å². The van der Waals surface area contributed by atoms with Crippen molar-refractivity contribution in [3.05, 3.63) is 24.0 Å². The molecule has 0 bridgehead atoms. The second-order valence-electron chi connectivity index (χ2n) is 3.67. The molecule has 1 rings (SSSR count). The van der Waals surface area contributed by atoms with Crippen LogP contribution in [0.2, 0.25) is 0 Å². The molecule has 0 fully saturated rings. The summed E-state index contributed by atoms with van der Waals surface area (Å²) >= 11 is 0. The molecule has 0 radical (unpaired) electrons. The molecule has 0 aliphatic heterocycles. The normalized spacial score (nSPS) is 12.6. The third kappa shape index (κ3) is 3.75. The molecule has 0 heterocycles. The van der Waals surface area contributed by atoms with Crippen LogP contribution in [0.5, 0.6) is 5.75 Å². The maximum atomic E-state index is 12.9. The number of aromatic hydroxyl groups is 1. The summed E-state index contributed by atoms with van der Waals surface area (Å²) in [6.07, 6.45) is -11.7. The molecule has 1 aromatic rings. The van der Waals surface area contributed by atoms with E-state index in [1.165, 1.54) is 5.32 Å². The van der Waals surface area contributed by atoms with Crippen molar-refractivity contribution in [3.63, 3.8) is 0 Å². The Labute approximate surface area is 107 Å². The highest BCUT2D eigenvalue weighted by atomic mass is 19.4. The van der Waals surface area contributed by atoms with Crippen molar-refractivity contribution in [2.45, 2.75) is 12.4 Å². The number of anilines is 1. The second-order valence-corrected chi connectivity index (χ2v) is 3.67. The number of hydrogen-bond donors (Lipinski definition) is 2. The van der Waals surface area contributed by atoms with E-state index in [-0.39, 0.29) is 0 Å². The van der Waals surface area contributed by atoms with E-state index in [2.05, 4.69) is 0 Å². The predicted octanol–water partition coefficient (Wildman–Crippen LogP) is 3.21. The van der Waals surface area contributed by atoms with Gasteiger partial charge in [0.25, 0.3) is 0 Å². The Morgan fingerprint density at radius 2 is 1.60 bits per heavy atom. The SMILES string of the molecule is O=C(Nc1ccc(O)c(F)c1)C(C(F)(F)F)C(F)(F)F. The fourth-order valence-corrected chi connectivity index (χ4v) is 1.28. The summed E-state index contributed by atoms with van der Waals surface area (Å²) in [7, 11) is 0. The Hall–Kier alpha value is -2.00. The molecule has 0 unspecified atom stereocenters. The van der Waals surface area contributed by atoms with Crippen LogP contribution in [0.25, 0.3) is 0 Å². The minimum Gasteiger partial charge on any atom is -0.505 e. The number of phenols is 1. The average Bonchev–Trinajstić information content (AvgIpc) is 2.18. The van der Waals surface area contributed by atoms with Gasteiger partial charge in [-0.1, -0.05) is 0 Å². The highest BCUT2D eigenvalue weighted by Crippen LogP contribution is 2.40. The van der Waals surface area contributed by atoms with Gasteiger partial charge in [-0.3, -0.25) is 4.79 Å². The van der Waals surface area contributed by atoms with E-state index in [1.807, 2.05) is 0 Å². The lowest BCUT2D eigenvalue weighted by atomic mass is 10.1. The molecule has 0 saturated carbocycles. The molecule has 0 aliphatic rings. The third-order valence-corrected chi connectivity index (χ3v) is 2.13. The van der Waals surface area contributed by atoms with Crippen LogP contribution in [0, 0.1) is 11.7 Å². The molecular formula is C10H6F7NO2. The van der Waals surface area contributed by atoms with Gasteiger partial charge in [0.05, 0.1) is 0 Å². The van der Waals surface area contributed by atoms with Crippen molar-refractivity contribution in [2.24, 2.45) is 5.92 Å². The van der Waals surface area contributed by atoms with Crippen LogP contribution in [-0.2, 0) is 4.79 Å². The fraction of sp³-hybridized carbons (Fsp3) is 0.300. The van der Waals surface area contributed by atoms with Crippen molar-refractivity contribution in [1.82, 2.24) is 0 Å². The van der Waals surface area contributed by atoms with Gasteiger partial charge >= 0.3 is 12.4 Å². The highest BCUT2D eigenvalue weighted by Gasteiger charge is 2.61. The third-order valence-electron chi connectivity index (χ3n) is 2.13. The molecule has 0 aromatic heterocycles. The van der Waals surface area contributed by atoms with Gasteiger partial charge in [-0.2, -0.15) is 26.3 Å². The molecule has 20 heavy (non-hydrogen) atoms. The number of benzene rings is 1. The first kappa shape index (κ1) is 16.1. The average molecular weight is 305 g/mol. The fourth-order valence-electron chi connectivity index (χ4n) is 1.28. The summed E-state index contributed by atoms with van der Waals surface area (Å²) in [6, 6.07) is 1.80. The lowest BCUT2D eigenvalue weighted by Gasteiger charge is -2.22. The van der Waals surface area contributed by atoms with Gasteiger partial charge in [-0.25, -0.2) is 4.39 Å². The first-order chi connectivity index (χ1) is 8.93. The number of phenolic OH excluding ortho intramolecular Hbond substituents is 1. The van der Waals surface area contributed by atoms with E-state index in [4.69, 9.17) is 5.11 Å². The summed E-state index contributed by atoms with van der Waals surface area (Å²) in [5.74, 6) is -8.80. The van der Waals surface area contributed by atoms with E-state index in [0.717, 1.165) is 6.07 Å². The Morgan fingerprint density at radius 1 is 1.10 bits per heavy atom. The van der Waals surface area contributed by atoms with Crippen molar-refractivity contribution in [3.8, 4) is 5.75 Å². The van der Waals surface area contributed by atoms with Crippen LogP contribution in [0.4, 0.5) is 36.4 Å². The van der Waals surface area contributed by atoms with Gasteiger partial charge in [0.15, 0.2) is 11.6 Å². The van der Waals surface area contributed by atoms with Crippen molar-refractivity contribution >= 4 is 11.6 Å². The molecule has 2 N–H and O–H groups in total. The van der Waals surface area contributed by atoms with Crippen LogP contribution < -0.4 is 5.32 Å². The van der Waals surface area contributed by atoms with E-state index >= 15 is 0 Å². The monoisotopic (exact) mass is 305 g/mol. The van der Waals surface area contributed by atoms with Crippen LogP contribution in [0.1, 0.15) is 0 Å². The lowest BCUT2D eigenvalue weighted by Crippen LogP contribution is -2.45. The van der Waals surface area contributed by atoms with Crippen LogP contribution in [0.3, 0.4) is 0 Å². The number of hydrogen-bond acceptors (Lipinski definition) is 2. The molecular weight excluding hydrogens is 299 g/mol. The molecule has 10 heteroatoms. The molecule has 0 saturated heterocycles. The summed E-state index contributed by atoms with van der Waals surface area (Å²) in [5, 5.41) is 10.1. The minimum atomic E-state index is -5.84. The molecule has 1 amide bonds. The molecule has 3 nitrogen and oxygen atoms in total. The molecule has 0 atom stereocenters. The standard InChI is InChI=1S/C10H6F7NO2/c11-5-3-4(1-2-6(5)19)18-8(20)7(9(12,13)14)10(15,16)17/h1-3,7,19H,(H,18,20). The molecule has 1 aromatic carbocycles. The second kappa shape index (κ2) is 5.17. The Kier molecular flexibility index (Phi) is 4.15. The minimum absolute atomic E-state index is 0.386. The van der Waals surface area contributed by atoms with E-state index < -0.39 is 41.4 Å². The van der Waals surface area contributed by atoms with Gasteiger partial charge < -0.3 is 10.4 Å².